The number of aromatic nitrogens is 1. The number of rotatable bonds is 7. The van der Waals surface area contributed by atoms with Crippen molar-refractivity contribution < 1.29 is 8.42 Å². The van der Waals surface area contributed by atoms with Gasteiger partial charge in [0.2, 0.25) is 10.0 Å². The van der Waals surface area contributed by atoms with Gasteiger partial charge in [0.25, 0.3) is 0 Å². The van der Waals surface area contributed by atoms with Crippen molar-refractivity contribution in [3.8, 4) is 0 Å². The molecule has 1 atom stereocenters. The lowest BCUT2D eigenvalue weighted by molar-refractivity contribution is 0.412. The van der Waals surface area contributed by atoms with Crippen LogP contribution in [0.2, 0.25) is 0 Å². The molecule has 1 aromatic carbocycles. The normalized spacial score (nSPS) is 17.0. The summed E-state index contributed by atoms with van der Waals surface area (Å²) in [6.07, 6.45) is 6.92. The molecule has 3 N–H and O–H groups in total. The first kappa shape index (κ1) is 20.0. The van der Waals surface area contributed by atoms with Crippen molar-refractivity contribution in [2.75, 3.05) is 32.1 Å². The molecular weight excluding hydrogens is 376 g/mol. The second kappa shape index (κ2) is 8.51. The molecule has 0 saturated heterocycles. The fourth-order valence-electron chi connectivity index (χ4n) is 2.80. The molecule has 1 unspecified atom stereocenters. The summed E-state index contributed by atoms with van der Waals surface area (Å²) >= 11 is 0. The fourth-order valence-corrected chi connectivity index (χ4v) is 3.83. The highest BCUT2D eigenvalue weighted by molar-refractivity contribution is 7.89. The van der Waals surface area contributed by atoms with Crippen LogP contribution in [0.1, 0.15) is 11.6 Å². The van der Waals surface area contributed by atoms with Gasteiger partial charge in [-0.05, 0) is 43.9 Å². The molecule has 1 aliphatic rings. The zero-order chi connectivity index (χ0) is 20.1. The van der Waals surface area contributed by atoms with E-state index < -0.39 is 10.0 Å². The Morgan fingerprint density at radius 2 is 1.96 bits per heavy atom. The summed E-state index contributed by atoms with van der Waals surface area (Å²) in [5.41, 5.74) is 7.62. The van der Waals surface area contributed by atoms with E-state index in [1.54, 1.807) is 49.1 Å². The van der Waals surface area contributed by atoms with Gasteiger partial charge >= 0.3 is 0 Å². The number of hydrogen-bond acceptors (Lipinski definition) is 7. The summed E-state index contributed by atoms with van der Waals surface area (Å²) in [7, 11) is 0.242. The second-order valence-corrected chi connectivity index (χ2v) is 8.43. The average molecular weight is 401 g/mol. The third-order valence-corrected chi connectivity index (χ3v) is 5.74. The molecule has 8 nitrogen and oxygen atoms in total. The van der Waals surface area contributed by atoms with Crippen molar-refractivity contribution in [1.29, 1.82) is 0 Å². The van der Waals surface area contributed by atoms with E-state index in [0.29, 0.717) is 18.9 Å². The largest absolute Gasteiger partial charge is 0.382 e. The Balaban J connectivity index is 1.81. The van der Waals surface area contributed by atoms with Crippen molar-refractivity contribution >= 4 is 21.9 Å². The second-order valence-electron chi connectivity index (χ2n) is 6.67. The van der Waals surface area contributed by atoms with Gasteiger partial charge in [-0.25, -0.2) is 18.1 Å². The predicted octanol–water partition coefficient (Wildman–Crippen LogP) is 1.31. The Hall–Kier alpha value is -2.75. The van der Waals surface area contributed by atoms with Gasteiger partial charge < -0.3 is 15.5 Å². The topological polar surface area (TPSA) is 104 Å². The number of nitrogens with one attached hydrogen (secondary N) is 1. The minimum absolute atomic E-state index is 0.213. The third-order valence-electron chi connectivity index (χ3n) is 4.26. The van der Waals surface area contributed by atoms with Gasteiger partial charge in [0.15, 0.2) is 0 Å². The Labute approximate surface area is 165 Å². The SMILES string of the molecule is CN(C)CCNS(=O)(=O)c1ccc(C2C=NC(N)=CN2c2cccnc2)cc1. The lowest BCUT2D eigenvalue weighted by atomic mass is 10.1. The highest BCUT2D eigenvalue weighted by atomic mass is 32.2. The highest BCUT2D eigenvalue weighted by Gasteiger charge is 2.22. The molecule has 0 saturated carbocycles. The summed E-state index contributed by atoms with van der Waals surface area (Å²) in [5.74, 6) is 0.393. The molecular formula is C19H24N6O2S. The zero-order valence-electron chi connectivity index (χ0n) is 15.9. The molecule has 3 rings (SSSR count). The number of likely N-dealkylation sites (N-methyl/N-ethyl adjacent to an activating group) is 1. The number of anilines is 1. The summed E-state index contributed by atoms with van der Waals surface area (Å²) in [5, 5.41) is 0. The van der Waals surface area contributed by atoms with E-state index in [-0.39, 0.29) is 10.9 Å². The van der Waals surface area contributed by atoms with Gasteiger partial charge in [-0.1, -0.05) is 12.1 Å². The number of nitrogens with zero attached hydrogens (tertiary/aromatic N) is 4. The van der Waals surface area contributed by atoms with Crippen LogP contribution in [0.5, 0.6) is 0 Å². The first-order valence-electron chi connectivity index (χ1n) is 8.81. The minimum Gasteiger partial charge on any atom is -0.382 e. The van der Waals surface area contributed by atoms with Crippen LogP contribution in [0, 0.1) is 0 Å². The van der Waals surface area contributed by atoms with Gasteiger partial charge in [0.05, 0.1) is 22.8 Å². The van der Waals surface area contributed by atoms with Crippen molar-refractivity contribution in [3.63, 3.8) is 0 Å². The van der Waals surface area contributed by atoms with Gasteiger partial charge in [-0.2, -0.15) is 0 Å². The molecule has 1 aliphatic heterocycles. The maximum Gasteiger partial charge on any atom is 0.240 e. The van der Waals surface area contributed by atoms with Crippen molar-refractivity contribution in [3.05, 3.63) is 66.4 Å². The Morgan fingerprint density at radius 1 is 1.21 bits per heavy atom. The van der Waals surface area contributed by atoms with E-state index in [0.717, 1.165) is 11.3 Å². The Morgan fingerprint density at radius 3 is 2.61 bits per heavy atom. The molecule has 148 valence electrons. The molecule has 0 bridgehead atoms. The van der Waals surface area contributed by atoms with E-state index in [9.17, 15) is 8.42 Å². The van der Waals surface area contributed by atoms with Gasteiger partial charge in [-0.15, -0.1) is 0 Å². The zero-order valence-corrected chi connectivity index (χ0v) is 16.7. The first-order valence-corrected chi connectivity index (χ1v) is 10.3. The molecule has 0 amide bonds. The smallest absolute Gasteiger partial charge is 0.240 e. The molecule has 2 aromatic rings. The summed E-state index contributed by atoms with van der Waals surface area (Å²) in [6, 6.07) is 10.3. The van der Waals surface area contributed by atoms with Crippen LogP contribution in [-0.2, 0) is 10.0 Å². The van der Waals surface area contributed by atoms with E-state index in [2.05, 4.69) is 14.7 Å². The van der Waals surface area contributed by atoms with E-state index in [1.807, 2.05) is 36.0 Å². The minimum atomic E-state index is -3.54. The molecule has 0 aliphatic carbocycles. The number of pyridine rings is 1. The van der Waals surface area contributed by atoms with Crippen LogP contribution in [0.25, 0.3) is 0 Å². The molecule has 0 radical (unpaired) electrons. The van der Waals surface area contributed by atoms with Crippen molar-refractivity contribution in [2.24, 2.45) is 10.7 Å². The van der Waals surface area contributed by atoms with Crippen LogP contribution in [0.3, 0.4) is 0 Å². The predicted molar refractivity (Wildman–Crippen MR) is 110 cm³/mol. The molecule has 0 fully saturated rings. The number of benzene rings is 1. The number of nitrogens with two attached hydrogens (primary N) is 1. The molecule has 2 heterocycles. The Bertz CT molecular complexity index is 956. The molecule has 28 heavy (non-hydrogen) atoms. The van der Waals surface area contributed by atoms with Crippen LogP contribution in [0.15, 0.2) is 70.7 Å². The van der Waals surface area contributed by atoms with Crippen LogP contribution >= 0.6 is 0 Å². The van der Waals surface area contributed by atoms with Crippen LogP contribution < -0.4 is 15.4 Å². The third kappa shape index (κ3) is 4.75. The van der Waals surface area contributed by atoms with Crippen molar-refractivity contribution in [1.82, 2.24) is 14.6 Å². The summed E-state index contributed by atoms with van der Waals surface area (Å²) < 4.78 is 27.5. The average Bonchev–Trinajstić information content (AvgIpc) is 2.68. The number of hydrogen-bond donors (Lipinski definition) is 2. The maximum absolute atomic E-state index is 12.4. The summed E-state index contributed by atoms with van der Waals surface area (Å²) in [6.45, 7) is 0.981. The summed E-state index contributed by atoms with van der Waals surface area (Å²) in [4.78, 5) is 12.5. The van der Waals surface area contributed by atoms with Gasteiger partial charge in [0, 0.05) is 31.7 Å². The molecule has 9 heteroatoms. The maximum atomic E-state index is 12.4. The monoisotopic (exact) mass is 400 g/mol. The quantitative estimate of drug-likeness (QED) is 0.726. The standard InChI is InChI=1S/C19H24N6O2S/c1-24(2)11-10-23-28(26,27)17-7-5-15(6-8-17)18-13-22-19(20)14-25(18)16-4-3-9-21-12-16/h3-9,12-14,18,23H,10-11,20H2,1-2H3. The van der Waals surface area contributed by atoms with E-state index in [1.165, 1.54) is 0 Å². The van der Waals surface area contributed by atoms with E-state index >= 15 is 0 Å². The molecule has 1 aromatic heterocycles. The van der Waals surface area contributed by atoms with Gasteiger partial charge in [-0.3, -0.25) is 4.98 Å². The molecule has 0 spiro atoms. The highest BCUT2D eigenvalue weighted by Crippen LogP contribution is 2.29. The Kier molecular flexibility index (Phi) is 6.08. The van der Waals surface area contributed by atoms with Gasteiger partial charge in [0.1, 0.15) is 5.82 Å². The fraction of sp³-hybridized carbons (Fsp3) is 0.263. The van der Waals surface area contributed by atoms with Crippen LogP contribution in [0.4, 0.5) is 5.69 Å². The first-order chi connectivity index (χ1) is 13.4. The number of aliphatic imine (C=N–C) groups is 1. The number of sulfonamides is 1. The van der Waals surface area contributed by atoms with Crippen LogP contribution in [-0.4, -0.2) is 51.7 Å². The van der Waals surface area contributed by atoms with E-state index in [4.69, 9.17) is 5.73 Å². The lowest BCUT2D eigenvalue weighted by Gasteiger charge is -2.30. The van der Waals surface area contributed by atoms with Crippen molar-refractivity contribution in [2.45, 2.75) is 10.9 Å². The lowest BCUT2D eigenvalue weighted by Crippen LogP contribution is -2.31.